The van der Waals surface area contributed by atoms with E-state index < -0.39 is 5.60 Å². The Morgan fingerprint density at radius 1 is 1.12 bits per heavy atom. The first-order chi connectivity index (χ1) is 15.8. The van der Waals surface area contributed by atoms with E-state index in [-0.39, 0.29) is 12.5 Å². The summed E-state index contributed by atoms with van der Waals surface area (Å²) in [5.74, 6) is 1.23. The number of nitrogens with two attached hydrogens (primary N) is 1. The van der Waals surface area contributed by atoms with Crippen LogP contribution in [0.4, 0.5) is 5.82 Å². The van der Waals surface area contributed by atoms with Gasteiger partial charge < -0.3 is 20.7 Å². The van der Waals surface area contributed by atoms with Crippen molar-refractivity contribution in [3.8, 4) is 0 Å². The first kappa shape index (κ1) is 22.7. The fourth-order valence-electron chi connectivity index (χ4n) is 3.94. The smallest absolute Gasteiger partial charge is 0.251 e. The number of nitrogens with one attached hydrogen (secondary N) is 1. The molecule has 1 amide bonds. The highest BCUT2D eigenvalue weighted by Crippen LogP contribution is 2.30. The van der Waals surface area contributed by atoms with Gasteiger partial charge in [0.15, 0.2) is 5.82 Å². The minimum absolute atomic E-state index is 0.192. The van der Waals surface area contributed by atoms with Crippen LogP contribution >= 0.6 is 0 Å². The number of hydrogen-bond acceptors (Lipinski definition) is 5. The highest BCUT2D eigenvalue weighted by Gasteiger charge is 2.18. The van der Waals surface area contributed by atoms with Gasteiger partial charge in [-0.2, -0.15) is 0 Å². The third-order valence-electron chi connectivity index (χ3n) is 5.68. The highest BCUT2D eigenvalue weighted by molar-refractivity contribution is 6.06. The number of benzene rings is 2. The van der Waals surface area contributed by atoms with Crippen molar-refractivity contribution < 1.29 is 9.90 Å². The molecule has 0 spiro atoms. The summed E-state index contributed by atoms with van der Waals surface area (Å²) in [6.45, 7) is 6.30. The summed E-state index contributed by atoms with van der Waals surface area (Å²) in [6, 6.07) is 15.5. The molecule has 0 aliphatic carbocycles. The maximum atomic E-state index is 12.4. The third-order valence-corrected chi connectivity index (χ3v) is 5.68. The summed E-state index contributed by atoms with van der Waals surface area (Å²) in [5, 5.41) is 13.6. The van der Waals surface area contributed by atoms with Crippen LogP contribution in [-0.4, -0.2) is 37.7 Å². The molecule has 7 nitrogen and oxygen atoms in total. The van der Waals surface area contributed by atoms with E-state index in [0.29, 0.717) is 17.9 Å². The Morgan fingerprint density at radius 3 is 2.55 bits per heavy atom. The largest absolute Gasteiger partial charge is 0.389 e. The molecule has 0 aliphatic rings. The molecule has 4 N–H and O–H groups in total. The summed E-state index contributed by atoms with van der Waals surface area (Å²) in [4.78, 5) is 21.8. The zero-order valence-corrected chi connectivity index (χ0v) is 19.4. The fourth-order valence-corrected chi connectivity index (χ4v) is 3.94. The molecular formula is C26H31N5O2. The van der Waals surface area contributed by atoms with Gasteiger partial charge in [0, 0.05) is 30.5 Å². The van der Waals surface area contributed by atoms with Crippen molar-refractivity contribution in [2.24, 2.45) is 0 Å². The minimum Gasteiger partial charge on any atom is -0.389 e. The van der Waals surface area contributed by atoms with Gasteiger partial charge in [0.2, 0.25) is 0 Å². The molecule has 33 heavy (non-hydrogen) atoms. The van der Waals surface area contributed by atoms with Gasteiger partial charge in [0.1, 0.15) is 11.3 Å². The lowest BCUT2D eigenvalue weighted by atomic mass is 10.1. The van der Waals surface area contributed by atoms with Crippen LogP contribution < -0.4 is 11.1 Å². The van der Waals surface area contributed by atoms with Crippen LogP contribution in [0.3, 0.4) is 0 Å². The van der Waals surface area contributed by atoms with Gasteiger partial charge in [-0.1, -0.05) is 43.7 Å². The Bertz CT molecular complexity index is 1290. The van der Waals surface area contributed by atoms with Crippen LogP contribution in [0.15, 0.2) is 48.5 Å². The lowest BCUT2D eigenvalue weighted by molar-refractivity contribution is 0.0694. The summed E-state index contributed by atoms with van der Waals surface area (Å²) >= 11 is 0. The van der Waals surface area contributed by atoms with Gasteiger partial charge >= 0.3 is 0 Å². The number of imidazole rings is 1. The molecule has 4 aromatic rings. The van der Waals surface area contributed by atoms with Crippen molar-refractivity contribution in [1.82, 2.24) is 19.9 Å². The average Bonchev–Trinajstić information content (AvgIpc) is 3.15. The number of aliphatic hydroxyl groups is 1. The van der Waals surface area contributed by atoms with Crippen molar-refractivity contribution in [2.75, 3.05) is 12.3 Å². The molecule has 172 valence electrons. The second-order valence-corrected chi connectivity index (χ2v) is 9.12. The molecule has 0 atom stereocenters. The topological polar surface area (TPSA) is 106 Å². The van der Waals surface area contributed by atoms with Crippen molar-refractivity contribution in [3.63, 3.8) is 0 Å². The van der Waals surface area contributed by atoms with Crippen molar-refractivity contribution in [3.05, 3.63) is 65.5 Å². The number of hydrogen-bond donors (Lipinski definition) is 3. The molecule has 0 saturated heterocycles. The van der Waals surface area contributed by atoms with E-state index in [4.69, 9.17) is 10.7 Å². The SMILES string of the molecule is CCCCc1nc2c(N)nc3ccccc3c2n1Cc1ccc(C(=O)NCC(C)(C)O)cc1. The fraction of sp³-hybridized carbons (Fsp3) is 0.346. The Labute approximate surface area is 193 Å². The van der Waals surface area contributed by atoms with Crippen LogP contribution in [0.25, 0.3) is 21.9 Å². The molecule has 0 saturated carbocycles. The van der Waals surface area contributed by atoms with E-state index in [0.717, 1.165) is 52.6 Å². The number of carbonyl (C=O) groups excluding carboxylic acids is 1. The number of nitrogens with zero attached hydrogens (tertiary/aromatic N) is 3. The van der Waals surface area contributed by atoms with Crippen molar-refractivity contribution >= 4 is 33.7 Å². The highest BCUT2D eigenvalue weighted by atomic mass is 16.3. The molecular weight excluding hydrogens is 414 g/mol. The number of aryl methyl sites for hydroxylation is 1. The maximum absolute atomic E-state index is 12.4. The lowest BCUT2D eigenvalue weighted by Crippen LogP contribution is -2.38. The number of nitrogen functional groups attached to an aromatic ring is 1. The summed E-state index contributed by atoms with van der Waals surface area (Å²) in [7, 11) is 0. The van der Waals surface area contributed by atoms with Crippen LogP contribution in [-0.2, 0) is 13.0 Å². The Hall–Kier alpha value is -3.45. The molecule has 0 fully saturated rings. The average molecular weight is 446 g/mol. The van der Waals surface area contributed by atoms with E-state index >= 15 is 0 Å². The normalized spacial score (nSPS) is 11.9. The number of unbranched alkanes of at least 4 members (excludes halogenated alkanes) is 1. The number of aromatic nitrogens is 3. The van der Waals surface area contributed by atoms with E-state index in [9.17, 15) is 9.90 Å². The van der Waals surface area contributed by atoms with Crippen LogP contribution in [0, 0.1) is 0 Å². The Kier molecular flexibility index (Phi) is 6.33. The summed E-state index contributed by atoms with van der Waals surface area (Å²) in [5.41, 5.74) is 9.54. The first-order valence-electron chi connectivity index (χ1n) is 11.4. The van der Waals surface area contributed by atoms with Gasteiger partial charge in [-0.25, -0.2) is 9.97 Å². The first-order valence-corrected chi connectivity index (χ1v) is 11.4. The predicted molar refractivity (Wildman–Crippen MR) is 132 cm³/mol. The quantitative estimate of drug-likeness (QED) is 0.379. The number of para-hydroxylation sites is 1. The number of amides is 1. The molecule has 2 heterocycles. The van der Waals surface area contributed by atoms with Gasteiger partial charge in [-0.3, -0.25) is 4.79 Å². The zero-order valence-electron chi connectivity index (χ0n) is 19.4. The van der Waals surface area contributed by atoms with E-state index in [2.05, 4.69) is 27.9 Å². The molecule has 0 bridgehead atoms. The number of rotatable bonds is 8. The molecule has 2 aromatic carbocycles. The molecule has 0 aliphatic heterocycles. The van der Waals surface area contributed by atoms with E-state index in [1.165, 1.54) is 0 Å². The summed E-state index contributed by atoms with van der Waals surface area (Å²) < 4.78 is 2.23. The molecule has 2 aromatic heterocycles. The minimum atomic E-state index is -0.952. The van der Waals surface area contributed by atoms with Crippen molar-refractivity contribution in [1.29, 1.82) is 0 Å². The standard InChI is InChI=1S/C26H31N5O2/c1-4-5-10-21-30-22-23(19-8-6-7-9-20(19)29-24(22)27)31(21)15-17-11-13-18(14-12-17)25(32)28-16-26(2,3)33/h6-9,11-14,33H,4-5,10,15-16H2,1-3H3,(H2,27,29)(H,28,32). The number of fused-ring (bicyclic) bond motifs is 3. The maximum Gasteiger partial charge on any atom is 0.251 e. The van der Waals surface area contributed by atoms with Crippen LogP contribution in [0.1, 0.15) is 55.4 Å². The third kappa shape index (κ3) is 4.98. The van der Waals surface area contributed by atoms with E-state index in [1.807, 2.05) is 42.5 Å². The molecule has 0 unspecified atom stereocenters. The van der Waals surface area contributed by atoms with Crippen molar-refractivity contribution in [2.45, 2.75) is 52.2 Å². The predicted octanol–water partition coefficient (Wildman–Crippen LogP) is 4.06. The Balaban J connectivity index is 1.69. The second-order valence-electron chi connectivity index (χ2n) is 9.12. The van der Waals surface area contributed by atoms with Gasteiger partial charge in [-0.05, 0) is 44.0 Å². The monoisotopic (exact) mass is 445 g/mol. The molecule has 4 rings (SSSR count). The Morgan fingerprint density at radius 2 is 1.85 bits per heavy atom. The molecule has 0 radical (unpaired) electrons. The molecule has 7 heteroatoms. The van der Waals surface area contributed by atoms with Crippen LogP contribution in [0.5, 0.6) is 0 Å². The summed E-state index contributed by atoms with van der Waals surface area (Å²) in [6.07, 6.45) is 2.97. The number of carbonyl (C=O) groups is 1. The van der Waals surface area contributed by atoms with Gasteiger partial charge in [0.25, 0.3) is 5.91 Å². The zero-order chi connectivity index (χ0) is 23.6. The van der Waals surface area contributed by atoms with Crippen LogP contribution in [0.2, 0.25) is 0 Å². The van der Waals surface area contributed by atoms with Gasteiger partial charge in [0.05, 0.1) is 16.6 Å². The van der Waals surface area contributed by atoms with E-state index in [1.54, 1.807) is 13.8 Å². The second kappa shape index (κ2) is 9.19. The lowest BCUT2D eigenvalue weighted by Gasteiger charge is -2.17. The van der Waals surface area contributed by atoms with Gasteiger partial charge in [-0.15, -0.1) is 0 Å². The number of anilines is 1. The number of pyridine rings is 1.